The van der Waals surface area contributed by atoms with Gasteiger partial charge in [0.1, 0.15) is 0 Å². The first-order chi connectivity index (χ1) is 9.16. The van der Waals surface area contributed by atoms with Crippen LogP contribution in [0.4, 0.5) is 0 Å². The van der Waals surface area contributed by atoms with Gasteiger partial charge in [0.15, 0.2) is 0 Å². The Balaban J connectivity index is 1.90. The van der Waals surface area contributed by atoms with Crippen molar-refractivity contribution in [3.63, 3.8) is 0 Å². The van der Waals surface area contributed by atoms with E-state index in [0.717, 1.165) is 12.5 Å². The van der Waals surface area contributed by atoms with Gasteiger partial charge in [0.05, 0.1) is 0 Å². The van der Waals surface area contributed by atoms with Gasteiger partial charge in [-0.25, -0.2) is 0 Å². The summed E-state index contributed by atoms with van der Waals surface area (Å²) < 4.78 is 0. The standard InChI is InChI=1S/C16H33N3/c1-18-11-7-15(8-12-18)13-19(2)16(14-17)9-5-3-4-6-10-16/h15H,3-14,17H2,1-2H3. The normalized spacial score (nSPS) is 26.5. The Morgan fingerprint density at radius 1 is 1.11 bits per heavy atom. The van der Waals surface area contributed by atoms with E-state index in [0.29, 0.717) is 5.54 Å². The van der Waals surface area contributed by atoms with Crippen molar-refractivity contribution in [3.05, 3.63) is 0 Å². The lowest BCUT2D eigenvalue weighted by Crippen LogP contribution is -2.53. The van der Waals surface area contributed by atoms with Gasteiger partial charge in [0.2, 0.25) is 0 Å². The Morgan fingerprint density at radius 2 is 1.68 bits per heavy atom. The number of rotatable bonds is 4. The average Bonchev–Trinajstić information content (AvgIpc) is 2.67. The number of likely N-dealkylation sites (N-methyl/N-ethyl adjacent to an activating group) is 1. The van der Waals surface area contributed by atoms with Gasteiger partial charge in [-0.3, -0.25) is 4.90 Å². The minimum absolute atomic E-state index is 0.305. The number of nitrogens with zero attached hydrogens (tertiary/aromatic N) is 2. The summed E-state index contributed by atoms with van der Waals surface area (Å²) in [6, 6.07) is 0. The van der Waals surface area contributed by atoms with Crippen molar-refractivity contribution < 1.29 is 0 Å². The fourth-order valence-electron chi connectivity index (χ4n) is 3.95. The Bertz CT molecular complexity index is 251. The maximum atomic E-state index is 6.19. The molecule has 2 rings (SSSR count). The van der Waals surface area contributed by atoms with Crippen molar-refractivity contribution in [1.29, 1.82) is 0 Å². The minimum Gasteiger partial charge on any atom is -0.329 e. The van der Waals surface area contributed by atoms with Gasteiger partial charge in [0, 0.05) is 18.6 Å². The molecule has 3 heteroatoms. The van der Waals surface area contributed by atoms with Crippen LogP contribution in [0.5, 0.6) is 0 Å². The molecule has 1 saturated heterocycles. The number of likely N-dealkylation sites (tertiary alicyclic amines) is 1. The van der Waals surface area contributed by atoms with E-state index < -0.39 is 0 Å². The molecule has 0 aromatic heterocycles. The van der Waals surface area contributed by atoms with Crippen LogP contribution in [-0.4, -0.2) is 55.6 Å². The fraction of sp³-hybridized carbons (Fsp3) is 1.00. The summed E-state index contributed by atoms with van der Waals surface area (Å²) in [5.74, 6) is 0.882. The first-order valence-corrected chi connectivity index (χ1v) is 8.26. The summed E-state index contributed by atoms with van der Waals surface area (Å²) in [6.45, 7) is 4.64. The fourth-order valence-corrected chi connectivity index (χ4v) is 3.95. The molecule has 1 saturated carbocycles. The van der Waals surface area contributed by atoms with E-state index in [2.05, 4.69) is 23.9 Å². The second-order valence-electron chi connectivity index (χ2n) is 6.97. The molecule has 1 heterocycles. The minimum atomic E-state index is 0.305. The highest BCUT2D eigenvalue weighted by atomic mass is 15.2. The van der Waals surface area contributed by atoms with E-state index in [1.54, 1.807) is 0 Å². The first kappa shape index (κ1) is 15.3. The van der Waals surface area contributed by atoms with Gasteiger partial charge in [0.25, 0.3) is 0 Å². The lowest BCUT2D eigenvalue weighted by molar-refractivity contribution is 0.0728. The second-order valence-corrected chi connectivity index (χ2v) is 6.97. The van der Waals surface area contributed by atoms with Crippen LogP contribution >= 0.6 is 0 Å². The molecule has 0 amide bonds. The molecule has 0 aromatic rings. The molecule has 0 atom stereocenters. The summed E-state index contributed by atoms with van der Waals surface area (Å²) in [6.07, 6.45) is 10.9. The van der Waals surface area contributed by atoms with E-state index in [9.17, 15) is 0 Å². The maximum Gasteiger partial charge on any atom is 0.0328 e. The molecular formula is C16H33N3. The van der Waals surface area contributed by atoms with E-state index in [1.165, 1.54) is 71.0 Å². The third-order valence-corrected chi connectivity index (χ3v) is 5.59. The predicted molar refractivity (Wildman–Crippen MR) is 82.3 cm³/mol. The van der Waals surface area contributed by atoms with Gasteiger partial charge in [-0.1, -0.05) is 25.7 Å². The van der Waals surface area contributed by atoms with Crippen molar-refractivity contribution in [3.8, 4) is 0 Å². The van der Waals surface area contributed by atoms with Gasteiger partial charge in [-0.05, 0) is 58.8 Å². The van der Waals surface area contributed by atoms with Crippen molar-refractivity contribution in [2.45, 2.75) is 56.9 Å². The van der Waals surface area contributed by atoms with E-state index in [1.807, 2.05) is 0 Å². The van der Waals surface area contributed by atoms with Crippen LogP contribution in [0.25, 0.3) is 0 Å². The third kappa shape index (κ3) is 3.93. The molecule has 0 unspecified atom stereocenters. The van der Waals surface area contributed by atoms with Crippen LogP contribution in [0.2, 0.25) is 0 Å². The molecule has 2 aliphatic rings. The molecule has 0 bridgehead atoms. The van der Waals surface area contributed by atoms with Gasteiger partial charge >= 0.3 is 0 Å². The van der Waals surface area contributed by atoms with Crippen LogP contribution in [0.15, 0.2) is 0 Å². The summed E-state index contributed by atoms with van der Waals surface area (Å²) in [5, 5.41) is 0. The van der Waals surface area contributed by atoms with Gasteiger partial charge in [-0.15, -0.1) is 0 Å². The first-order valence-electron chi connectivity index (χ1n) is 8.26. The third-order valence-electron chi connectivity index (χ3n) is 5.59. The highest BCUT2D eigenvalue weighted by Gasteiger charge is 2.34. The maximum absolute atomic E-state index is 6.19. The molecule has 2 fully saturated rings. The Kier molecular flexibility index (Phi) is 5.67. The summed E-state index contributed by atoms with van der Waals surface area (Å²) >= 11 is 0. The highest BCUT2D eigenvalue weighted by Crippen LogP contribution is 2.32. The second kappa shape index (κ2) is 7.05. The van der Waals surface area contributed by atoms with Crippen molar-refractivity contribution >= 4 is 0 Å². The van der Waals surface area contributed by atoms with Crippen LogP contribution in [0.1, 0.15) is 51.4 Å². The zero-order valence-corrected chi connectivity index (χ0v) is 13.0. The van der Waals surface area contributed by atoms with Gasteiger partial charge < -0.3 is 10.6 Å². The topological polar surface area (TPSA) is 32.5 Å². The number of nitrogens with two attached hydrogens (primary N) is 1. The van der Waals surface area contributed by atoms with Crippen LogP contribution in [0.3, 0.4) is 0 Å². The van der Waals surface area contributed by atoms with Crippen LogP contribution < -0.4 is 5.73 Å². The Hall–Kier alpha value is -0.120. The van der Waals surface area contributed by atoms with Crippen molar-refractivity contribution in [1.82, 2.24) is 9.80 Å². The zero-order chi connectivity index (χ0) is 13.7. The molecule has 1 aliphatic carbocycles. The molecule has 2 N–H and O–H groups in total. The quantitative estimate of drug-likeness (QED) is 0.793. The van der Waals surface area contributed by atoms with Crippen molar-refractivity contribution in [2.24, 2.45) is 11.7 Å². The predicted octanol–water partition coefficient (Wildman–Crippen LogP) is 2.31. The zero-order valence-electron chi connectivity index (χ0n) is 13.0. The molecule has 0 spiro atoms. The molecule has 3 nitrogen and oxygen atoms in total. The van der Waals surface area contributed by atoms with E-state index >= 15 is 0 Å². The van der Waals surface area contributed by atoms with Crippen LogP contribution in [-0.2, 0) is 0 Å². The SMILES string of the molecule is CN1CCC(CN(C)C2(CN)CCCCCC2)CC1. The Labute approximate surface area is 119 Å². The van der Waals surface area contributed by atoms with Crippen LogP contribution in [0, 0.1) is 5.92 Å². The number of hydrogen-bond donors (Lipinski definition) is 1. The van der Waals surface area contributed by atoms with E-state index in [-0.39, 0.29) is 0 Å². The molecule has 0 radical (unpaired) electrons. The lowest BCUT2D eigenvalue weighted by atomic mass is 9.86. The van der Waals surface area contributed by atoms with E-state index in [4.69, 9.17) is 5.73 Å². The number of piperidine rings is 1. The smallest absolute Gasteiger partial charge is 0.0328 e. The summed E-state index contributed by atoms with van der Waals surface area (Å²) in [4.78, 5) is 5.09. The Morgan fingerprint density at radius 3 is 2.21 bits per heavy atom. The summed E-state index contributed by atoms with van der Waals surface area (Å²) in [5.41, 5.74) is 6.49. The average molecular weight is 267 g/mol. The monoisotopic (exact) mass is 267 g/mol. The van der Waals surface area contributed by atoms with Gasteiger partial charge in [-0.2, -0.15) is 0 Å². The molecule has 112 valence electrons. The summed E-state index contributed by atoms with van der Waals surface area (Å²) in [7, 11) is 4.57. The molecular weight excluding hydrogens is 234 g/mol. The lowest BCUT2D eigenvalue weighted by Gasteiger charge is -2.43. The molecule has 1 aliphatic heterocycles. The largest absolute Gasteiger partial charge is 0.329 e. The number of hydrogen-bond acceptors (Lipinski definition) is 3. The highest BCUT2D eigenvalue weighted by molar-refractivity contribution is 4.92. The molecule has 0 aromatic carbocycles. The molecule has 19 heavy (non-hydrogen) atoms. The van der Waals surface area contributed by atoms with Crippen molar-refractivity contribution in [2.75, 3.05) is 40.3 Å².